The average molecular weight is 320 g/mol. The van der Waals surface area contributed by atoms with Crippen LogP contribution in [0.25, 0.3) is 0 Å². The zero-order chi connectivity index (χ0) is 16.8. The second-order valence-corrected chi connectivity index (χ2v) is 6.63. The van der Waals surface area contributed by atoms with Crippen LogP contribution in [0.2, 0.25) is 0 Å². The monoisotopic (exact) mass is 320 g/mol. The second-order valence-electron chi connectivity index (χ2n) is 6.63. The molecule has 1 aromatic rings. The number of pyridine rings is 1. The van der Waals surface area contributed by atoms with Gasteiger partial charge in [-0.2, -0.15) is 0 Å². The third kappa shape index (κ3) is 4.90. The van der Waals surface area contributed by atoms with Crippen molar-refractivity contribution in [1.82, 2.24) is 14.8 Å². The maximum atomic E-state index is 10.4. The van der Waals surface area contributed by atoms with Crippen molar-refractivity contribution in [2.45, 2.75) is 45.9 Å². The molecule has 1 saturated heterocycles. The second kappa shape index (κ2) is 8.62. The van der Waals surface area contributed by atoms with Gasteiger partial charge >= 0.3 is 0 Å². The lowest BCUT2D eigenvalue weighted by atomic mass is 10.1. The number of rotatable bonds is 7. The molecule has 23 heavy (non-hydrogen) atoms. The predicted molar refractivity (Wildman–Crippen MR) is 95.9 cm³/mol. The molecule has 1 fully saturated rings. The average Bonchev–Trinajstić information content (AvgIpc) is 2.56. The number of anilines is 1. The summed E-state index contributed by atoms with van der Waals surface area (Å²) in [6.07, 6.45) is 1.57. The van der Waals surface area contributed by atoms with Crippen molar-refractivity contribution in [2.24, 2.45) is 0 Å². The van der Waals surface area contributed by atoms with Crippen LogP contribution in [0.15, 0.2) is 24.4 Å². The van der Waals surface area contributed by atoms with Gasteiger partial charge in [-0.1, -0.05) is 19.9 Å². The normalized spacial score (nSPS) is 24.2. The molecule has 1 aliphatic rings. The molecule has 2 heterocycles. The molecule has 0 bridgehead atoms. The quantitative estimate of drug-likeness (QED) is 0.828. The summed E-state index contributed by atoms with van der Waals surface area (Å²) in [5.41, 5.74) is 0. The molecule has 2 rings (SSSR count). The van der Waals surface area contributed by atoms with E-state index in [0.29, 0.717) is 12.1 Å². The van der Waals surface area contributed by atoms with Gasteiger partial charge in [0.2, 0.25) is 0 Å². The lowest BCUT2D eigenvalue weighted by Crippen LogP contribution is -2.58. The van der Waals surface area contributed by atoms with Gasteiger partial charge in [0.1, 0.15) is 5.82 Å². The molecule has 1 unspecified atom stereocenters. The Morgan fingerprint density at radius 1 is 1.22 bits per heavy atom. The third-order valence-electron chi connectivity index (χ3n) is 4.87. The fourth-order valence-corrected chi connectivity index (χ4v) is 3.40. The van der Waals surface area contributed by atoms with Gasteiger partial charge in [-0.15, -0.1) is 0 Å². The van der Waals surface area contributed by atoms with E-state index in [2.05, 4.69) is 53.4 Å². The number of nitrogens with zero attached hydrogens (tertiary/aromatic N) is 4. The van der Waals surface area contributed by atoms with E-state index in [9.17, 15) is 5.11 Å². The molecule has 0 amide bonds. The number of likely N-dealkylation sites (N-methyl/N-ethyl adjacent to an activating group) is 1. The maximum Gasteiger partial charge on any atom is 0.128 e. The smallest absolute Gasteiger partial charge is 0.128 e. The Morgan fingerprint density at radius 3 is 2.57 bits per heavy atom. The van der Waals surface area contributed by atoms with Crippen LogP contribution in [0.3, 0.4) is 0 Å². The van der Waals surface area contributed by atoms with Crippen LogP contribution in [-0.2, 0) is 0 Å². The molecule has 3 atom stereocenters. The predicted octanol–water partition coefficient (Wildman–Crippen LogP) is 1.68. The molecule has 0 spiro atoms. The largest absolute Gasteiger partial charge is 0.390 e. The first-order chi connectivity index (χ1) is 11.0. The number of β-amino-alcohol motifs (C(OH)–C–C–N with tert-alkyl or cyclic N) is 1. The molecule has 5 heteroatoms. The summed E-state index contributed by atoms with van der Waals surface area (Å²) in [4.78, 5) is 11.6. The van der Waals surface area contributed by atoms with Gasteiger partial charge in [-0.05, 0) is 39.1 Å². The molecule has 5 nitrogen and oxygen atoms in total. The highest BCUT2D eigenvalue weighted by Crippen LogP contribution is 2.21. The molecule has 130 valence electrons. The molecule has 1 aliphatic heterocycles. The van der Waals surface area contributed by atoms with E-state index in [1.165, 1.54) is 0 Å². The molecular weight excluding hydrogens is 288 g/mol. The fraction of sp³-hybridized carbons (Fsp3) is 0.722. The molecule has 0 saturated carbocycles. The van der Waals surface area contributed by atoms with E-state index in [0.717, 1.165) is 45.1 Å². The molecule has 1 aromatic heterocycles. The summed E-state index contributed by atoms with van der Waals surface area (Å²) >= 11 is 0. The summed E-state index contributed by atoms with van der Waals surface area (Å²) in [6.45, 7) is 14.2. The Balaban J connectivity index is 1.92. The van der Waals surface area contributed by atoms with Gasteiger partial charge in [0.05, 0.1) is 6.10 Å². The number of aliphatic hydroxyl groups is 1. The minimum absolute atomic E-state index is 0.286. The standard InChI is InChI=1S/C18H32N4O/c1-5-20(6-2)13-17(23)14-21-11-16(4)22(12-15(21)3)18-9-7-8-10-19-18/h7-10,15-17,23H,5-6,11-14H2,1-4H3/t15-,16-,17?/m1/s1. The summed E-state index contributed by atoms with van der Waals surface area (Å²) in [6, 6.07) is 6.90. The number of aliphatic hydroxyl groups excluding tert-OH is 1. The van der Waals surface area contributed by atoms with E-state index in [1.54, 1.807) is 0 Å². The molecule has 1 N–H and O–H groups in total. The summed E-state index contributed by atoms with van der Waals surface area (Å²) in [5, 5.41) is 10.4. The molecular formula is C18H32N4O. The lowest BCUT2D eigenvalue weighted by molar-refractivity contribution is 0.0526. The van der Waals surface area contributed by atoms with Crippen LogP contribution in [0.5, 0.6) is 0 Å². The fourth-order valence-electron chi connectivity index (χ4n) is 3.40. The zero-order valence-corrected chi connectivity index (χ0v) is 15.0. The first-order valence-electron chi connectivity index (χ1n) is 8.87. The van der Waals surface area contributed by atoms with Gasteiger partial charge in [0.15, 0.2) is 0 Å². The van der Waals surface area contributed by atoms with Crippen molar-refractivity contribution >= 4 is 5.82 Å². The van der Waals surface area contributed by atoms with E-state index in [-0.39, 0.29) is 6.10 Å². The Bertz CT molecular complexity index is 452. The topological polar surface area (TPSA) is 42.8 Å². The van der Waals surface area contributed by atoms with Crippen LogP contribution >= 0.6 is 0 Å². The Hall–Kier alpha value is -1.17. The SMILES string of the molecule is CCN(CC)CC(O)CN1C[C@@H](C)N(c2ccccn2)C[C@H]1C. The first kappa shape index (κ1) is 18.2. The summed E-state index contributed by atoms with van der Waals surface area (Å²) in [7, 11) is 0. The minimum Gasteiger partial charge on any atom is -0.390 e. The van der Waals surface area contributed by atoms with Crippen LogP contribution < -0.4 is 4.90 Å². The number of piperazine rings is 1. The van der Waals surface area contributed by atoms with Gasteiger partial charge in [-0.3, -0.25) is 4.90 Å². The van der Waals surface area contributed by atoms with Gasteiger partial charge in [0, 0.05) is 44.5 Å². The van der Waals surface area contributed by atoms with Crippen LogP contribution in [0, 0.1) is 0 Å². The van der Waals surface area contributed by atoms with E-state index < -0.39 is 0 Å². The Kier molecular flexibility index (Phi) is 6.81. The van der Waals surface area contributed by atoms with Crippen LogP contribution in [0.1, 0.15) is 27.7 Å². The Labute approximate surface area is 140 Å². The number of hydrogen-bond donors (Lipinski definition) is 1. The third-order valence-corrected chi connectivity index (χ3v) is 4.87. The lowest BCUT2D eigenvalue weighted by Gasteiger charge is -2.45. The van der Waals surface area contributed by atoms with Gasteiger partial charge in [0.25, 0.3) is 0 Å². The maximum absolute atomic E-state index is 10.4. The summed E-state index contributed by atoms with van der Waals surface area (Å²) in [5.74, 6) is 1.05. The molecule has 0 aromatic carbocycles. The van der Waals surface area contributed by atoms with E-state index in [1.807, 2.05) is 18.3 Å². The van der Waals surface area contributed by atoms with Crippen molar-refractivity contribution < 1.29 is 5.11 Å². The minimum atomic E-state index is -0.286. The zero-order valence-electron chi connectivity index (χ0n) is 15.0. The van der Waals surface area contributed by atoms with Crippen molar-refractivity contribution in [1.29, 1.82) is 0 Å². The van der Waals surface area contributed by atoms with Crippen molar-refractivity contribution in [2.75, 3.05) is 44.2 Å². The number of aromatic nitrogens is 1. The summed E-state index contributed by atoms with van der Waals surface area (Å²) < 4.78 is 0. The van der Waals surface area contributed by atoms with Crippen molar-refractivity contribution in [3.63, 3.8) is 0 Å². The first-order valence-corrected chi connectivity index (χ1v) is 8.87. The highest BCUT2D eigenvalue weighted by atomic mass is 16.3. The molecule has 0 aliphatic carbocycles. The highest BCUT2D eigenvalue weighted by molar-refractivity contribution is 5.40. The van der Waals surface area contributed by atoms with Crippen molar-refractivity contribution in [3.05, 3.63) is 24.4 Å². The highest BCUT2D eigenvalue weighted by Gasteiger charge is 2.30. The van der Waals surface area contributed by atoms with Gasteiger partial charge in [-0.25, -0.2) is 4.98 Å². The Morgan fingerprint density at radius 2 is 1.96 bits per heavy atom. The number of hydrogen-bond acceptors (Lipinski definition) is 5. The molecule has 0 radical (unpaired) electrons. The van der Waals surface area contributed by atoms with E-state index >= 15 is 0 Å². The van der Waals surface area contributed by atoms with E-state index in [4.69, 9.17) is 0 Å². The van der Waals surface area contributed by atoms with Crippen LogP contribution in [0.4, 0.5) is 5.82 Å². The van der Waals surface area contributed by atoms with Crippen LogP contribution in [-0.4, -0.2) is 77.3 Å². The van der Waals surface area contributed by atoms with Crippen molar-refractivity contribution in [3.8, 4) is 0 Å². The van der Waals surface area contributed by atoms with Gasteiger partial charge < -0.3 is 14.9 Å².